The highest BCUT2D eigenvalue weighted by Gasteiger charge is 2.08. The molecule has 1 heterocycles. The molecule has 0 spiro atoms. The Labute approximate surface area is 121 Å². The molecule has 0 atom stereocenters. The number of nitrogens with zero attached hydrogens (tertiary/aromatic N) is 1. The first kappa shape index (κ1) is 13.2. The van der Waals surface area contributed by atoms with Gasteiger partial charge in [-0.2, -0.15) is 0 Å². The van der Waals surface area contributed by atoms with Crippen LogP contribution in [0.2, 0.25) is 0 Å². The van der Waals surface area contributed by atoms with Crippen LogP contribution < -0.4 is 11.1 Å². The first-order valence-electron chi connectivity index (χ1n) is 6.52. The van der Waals surface area contributed by atoms with Crippen LogP contribution in [0.5, 0.6) is 0 Å². The fourth-order valence-corrected chi connectivity index (χ4v) is 2.26. The summed E-state index contributed by atoms with van der Waals surface area (Å²) in [7, 11) is 0. The molecular formula is C16H14FN3O. The standard InChI is InChI=1S/C16H14FN3O/c17-12-5-6-13(18)14(9-12)19-16(21)10-20-8-7-11-3-1-2-4-15(11)20/h1-9H,10,18H2,(H,19,21). The predicted molar refractivity (Wildman–Crippen MR) is 81.4 cm³/mol. The van der Waals surface area contributed by atoms with Crippen molar-refractivity contribution in [3.63, 3.8) is 0 Å². The SMILES string of the molecule is Nc1ccc(F)cc1NC(=O)Cn1ccc2ccccc21. The van der Waals surface area contributed by atoms with E-state index < -0.39 is 5.82 Å². The number of anilines is 2. The van der Waals surface area contributed by atoms with Crippen molar-refractivity contribution in [2.45, 2.75) is 6.54 Å². The van der Waals surface area contributed by atoms with E-state index >= 15 is 0 Å². The van der Waals surface area contributed by atoms with Gasteiger partial charge in [-0.05, 0) is 35.7 Å². The molecule has 5 heteroatoms. The van der Waals surface area contributed by atoms with E-state index in [1.165, 1.54) is 18.2 Å². The number of carbonyl (C=O) groups excluding carboxylic acids is 1. The van der Waals surface area contributed by atoms with Gasteiger partial charge in [0.2, 0.25) is 5.91 Å². The monoisotopic (exact) mass is 283 g/mol. The van der Waals surface area contributed by atoms with Crippen LogP contribution in [0.4, 0.5) is 15.8 Å². The predicted octanol–water partition coefficient (Wildman–Crippen LogP) is 3.00. The smallest absolute Gasteiger partial charge is 0.244 e. The quantitative estimate of drug-likeness (QED) is 0.726. The minimum absolute atomic E-state index is 0.142. The minimum atomic E-state index is -0.439. The number of rotatable bonds is 3. The lowest BCUT2D eigenvalue weighted by atomic mass is 10.2. The second-order valence-corrected chi connectivity index (χ2v) is 4.78. The number of nitrogens with one attached hydrogen (secondary N) is 1. The van der Waals surface area contributed by atoms with Gasteiger partial charge in [0.15, 0.2) is 0 Å². The molecule has 0 saturated heterocycles. The topological polar surface area (TPSA) is 60.0 Å². The van der Waals surface area contributed by atoms with Gasteiger partial charge in [0, 0.05) is 11.7 Å². The third kappa shape index (κ3) is 2.72. The van der Waals surface area contributed by atoms with Crippen molar-refractivity contribution in [3.8, 4) is 0 Å². The van der Waals surface area contributed by atoms with Crippen LogP contribution in [0.1, 0.15) is 0 Å². The molecule has 0 aliphatic carbocycles. The van der Waals surface area contributed by atoms with Crippen LogP contribution >= 0.6 is 0 Å². The number of halogens is 1. The van der Waals surface area contributed by atoms with Crippen LogP contribution in [0.15, 0.2) is 54.7 Å². The largest absolute Gasteiger partial charge is 0.397 e. The van der Waals surface area contributed by atoms with E-state index in [1.54, 1.807) is 0 Å². The molecule has 3 rings (SSSR count). The van der Waals surface area contributed by atoms with Crippen molar-refractivity contribution in [1.82, 2.24) is 4.57 Å². The number of fused-ring (bicyclic) bond motifs is 1. The molecule has 0 unspecified atom stereocenters. The molecule has 4 nitrogen and oxygen atoms in total. The van der Waals surface area contributed by atoms with Crippen molar-refractivity contribution in [2.75, 3.05) is 11.1 Å². The van der Waals surface area contributed by atoms with Crippen LogP contribution in [0, 0.1) is 5.82 Å². The Bertz CT molecular complexity index is 810. The number of carbonyl (C=O) groups is 1. The lowest BCUT2D eigenvalue weighted by Crippen LogP contribution is -2.19. The minimum Gasteiger partial charge on any atom is -0.397 e. The van der Waals surface area contributed by atoms with Gasteiger partial charge in [0.25, 0.3) is 0 Å². The third-order valence-electron chi connectivity index (χ3n) is 3.28. The number of hydrogen-bond donors (Lipinski definition) is 2. The molecular weight excluding hydrogens is 269 g/mol. The van der Waals surface area contributed by atoms with E-state index in [0.29, 0.717) is 5.69 Å². The second-order valence-electron chi connectivity index (χ2n) is 4.78. The summed E-state index contributed by atoms with van der Waals surface area (Å²) < 4.78 is 15.0. The molecule has 0 aliphatic heterocycles. The second kappa shape index (κ2) is 5.28. The van der Waals surface area contributed by atoms with Gasteiger partial charge < -0.3 is 15.6 Å². The molecule has 2 aromatic carbocycles. The Balaban J connectivity index is 1.79. The summed E-state index contributed by atoms with van der Waals surface area (Å²) in [6.07, 6.45) is 1.85. The number of para-hydroxylation sites is 1. The molecule has 3 N–H and O–H groups in total. The molecule has 1 amide bonds. The molecule has 0 bridgehead atoms. The number of amides is 1. The van der Waals surface area contributed by atoms with Gasteiger partial charge in [0.05, 0.1) is 11.4 Å². The Morgan fingerprint density at radius 1 is 1.19 bits per heavy atom. The van der Waals surface area contributed by atoms with Crippen molar-refractivity contribution >= 4 is 28.2 Å². The van der Waals surface area contributed by atoms with E-state index in [0.717, 1.165) is 10.9 Å². The number of aromatic nitrogens is 1. The zero-order valence-electron chi connectivity index (χ0n) is 11.2. The maximum atomic E-state index is 13.2. The average molecular weight is 283 g/mol. The van der Waals surface area contributed by atoms with E-state index in [4.69, 9.17) is 5.73 Å². The highest BCUT2D eigenvalue weighted by Crippen LogP contribution is 2.20. The van der Waals surface area contributed by atoms with Gasteiger partial charge in [-0.1, -0.05) is 18.2 Å². The van der Waals surface area contributed by atoms with E-state index in [2.05, 4.69) is 5.32 Å². The van der Waals surface area contributed by atoms with Crippen LogP contribution in [0.3, 0.4) is 0 Å². The Hall–Kier alpha value is -2.82. The molecule has 3 aromatic rings. The highest BCUT2D eigenvalue weighted by molar-refractivity contribution is 5.94. The zero-order valence-corrected chi connectivity index (χ0v) is 11.2. The highest BCUT2D eigenvalue weighted by atomic mass is 19.1. The van der Waals surface area contributed by atoms with Crippen molar-refractivity contribution in [3.05, 3.63) is 60.5 Å². The van der Waals surface area contributed by atoms with Gasteiger partial charge >= 0.3 is 0 Å². The Morgan fingerprint density at radius 3 is 2.86 bits per heavy atom. The van der Waals surface area contributed by atoms with Crippen molar-refractivity contribution in [2.24, 2.45) is 0 Å². The lowest BCUT2D eigenvalue weighted by molar-refractivity contribution is -0.116. The van der Waals surface area contributed by atoms with E-state index in [1.807, 2.05) is 41.1 Å². The van der Waals surface area contributed by atoms with Crippen LogP contribution in [-0.2, 0) is 11.3 Å². The summed E-state index contributed by atoms with van der Waals surface area (Å²) >= 11 is 0. The van der Waals surface area contributed by atoms with Crippen LogP contribution in [-0.4, -0.2) is 10.5 Å². The lowest BCUT2D eigenvalue weighted by Gasteiger charge is -2.09. The van der Waals surface area contributed by atoms with Gasteiger partial charge in [-0.15, -0.1) is 0 Å². The third-order valence-corrected chi connectivity index (χ3v) is 3.28. The number of hydrogen-bond acceptors (Lipinski definition) is 2. The Kier molecular flexibility index (Phi) is 3.31. The van der Waals surface area contributed by atoms with Gasteiger partial charge in [-0.25, -0.2) is 4.39 Å². The summed E-state index contributed by atoms with van der Waals surface area (Å²) in [5.41, 5.74) is 7.31. The first-order valence-corrected chi connectivity index (χ1v) is 6.52. The summed E-state index contributed by atoms with van der Waals surface area (Å²) in [6.45, 7) is 0.142. The molecule has 0 saturated carbocycles. The molecule has 0 radical (unpaired) electrons. The number of benzene rings is 2. The summed E-state index contributed by atoms with van der Waals surface area (Å²) in [6, 6.07) is 13.6. The molecule has 106 valence electrons. The van der Waals surface area contributed by atoms with Gasteiger partial charge in [0.1, 0.15) is 12.4 Å². The molecule has 0 aliphatic rings. The molecule has 21 heavy (non-hydrogen) atoms. The van der Waals surface area contributed by atoms with E-state index in [9.17, 15) is 9.18 Å². The molecule has 1 aromatic heterocycles. The number of nitrogens with two attached hydrogens (primary N) is 1. The van der Waals surface area contributed by atoms with Crippen LogP contribution in [0.25, 0.3) is 10.9 Å². The Morgan fingerprint density at radius 2 is 2.00 bits per heavy atom. The summed E-state index contributed by atoms with van der Waals surface area (Å²) in [5, 5.41) is 3.69. The zero-order chi connectivity index (χ0) is 14.8. The summed E-state index contributed by atoms with van der Waals surface area (Å²) in [5.74, 6) is -0.695. The molecule has 0 fully saturated rings. The summed E-state index contributed by atoms with van der Waals surface area (Å²) in [4.78, 5) is 12.1. The maximum Gasteiger partial charge on any atom is 0.244 e. The van der Waals surface area contributed by atoms with E-state index in [-0.39, 0.29) is 18.1 Å². The van der Waals surface area contributed by atoms with Gasteiger partial charge in [-0.3, -0.25) is 4.79 Å². The van der Waals surface area contributed by atoms with Crippen molar-refractivity contribution < 1.29 is 9.18 Å². The normalized spacial score (nSPS) is 10.7. The fraction of sp³-hybridized carbons (Fsp3) is 0.0625. The first-order chi connectivity index (χ1) is 10.1. The fourth-order valence-electron chi connectivity index (χ4n) is 2.26. The van der Waals surface area contributed by atoms with Crippen molar-refractivity contribution in [1.29, 1.82) is 0 Å². The number of nitrogen functional groups attached to an aromatic ring is 1. The average Bonchev–Trinajstić information content (AvgIpc) is 2.86. The maximum absolute atomic E-state index is 13.2.